The molecule has 0 atom stereocenters. The van der Waals surface area contributed by atoms with E-state index in [0.717, 1.165) is 26.1 Å². The van der Waals surface area contributed by atoms with Crippen molar-refractivity contribution in [3.05, 3.63) is 12.2 Å². The Hall–Kier alpha value is -0.830. The number of ether oxygens (including phenoxy) is 2. The number of carbonyl (C=O) groups excluding carboxylic acids is 1. The van der Waals surface area contributed by atoms with Crippen LogP contribution in [0.15, 0.2) is 12.2 Å². The third-order valence-electron chi connectivity index (χ3n) is 2.16. The number of rotatable bonds is 2. The molecule has 1 fully saturated rings. The van der Waals surface area contributed by atoms with Gasteiger partial charge in [0, 0.05) is 18.8 Å². The third-order valence-corrected chi connectivity index (χ3v) is 2.16. The lowest BCUT2D eigenvalue weighted by Gasteiger charge is -2.22. The molecule has 1 aliphatic rings. The van der Waals surface area contributed by atoms with Gasteiger partial charge in [0.1, 0.15) is 0 Å². The zero-order valence-electron chi connectivity index (χ0n) is 7.34. The largest absolute Gasteiger partial charge is 0.466 e. The van der Waals surface area contributed by atoms with Gasteiger partial charge in [-0.25, -0.2) is 4.79 Å². The van der Waals surface area contributed by atoms with Gasteiger partial charge in [-0.15, -0.1) is 0 Å². The first kappa shape index (κ1) is 9.26. The normalized spacial score (nSPS) is 18.8. The van der Waals surface area contributed by atoms with E-state index in [-0.39, 0.29) is 11.9 Å². The van der Waals surface area contributed by atoms with E-state index in [2.05, 4.69) is 11.3 Å². The van der Waals surface area contributed by atoms with Crippen LogP contribution in [-0.4, -0.2) is 26.3 Å². The van der Waals surface area contributed by atoms with Crippen molar-refractivity contribution in [2.45, 2.75) is 12.8 Å². The molecule has 0 N–H and O–H groups in total. The van der Waals surface area contributed by atoms with Gasteiger partial charge in [-0.05, 0) is 18.8 Å². The highest BCUT2D eigenvalue weighted by Crippen LogP contribution is 2.22. The number of hydrogen-bond acceptors (Lipinski definition) is 3. The Kier molecular flexibility index (Phi) is 3.29. The van der Waals surface area contributed by atoms with E-state index >= 15 is 0 Å². The van der Waals surface area contributed by atoms with Gasteiger partial charge in [-0.2, -0.15) is 0 Å². The zero-order valence-corrected chi connectivity index (χ0v) is 7.34. The Bertz CT molecular complexity index is 180. The lowest BCUT2D eigenvalue weighted by atomic mass is 9.93. The molecule has 3 heteroatoms. The lowest BCUT2D eigenvalue weighted by molar-refractivity contribution is -0.137. The molecule has 0 saturated carbocycles. The smallest absolute Gasteiger partial charge is 0.333 e. The topological polar surface area (TPSA) is 35.5 Å². The highest BCUT2D eigenvalue weighted by Gasteiger charge is 2.21. The maximum Gasteiger partial charge on any atom is 0.333 e. The Morgan fingerprint density at radius 1 is 1.50 bits per heavy atom. The highest BCUT2D eigenvalue weighted by molar-refractivity contribution is 5.88. The van der Waals surface area contributed by atoms with Crippen LogP contribution in [0.2, 0.25) is 0 Å². The Morgan fingerprint density at radius 3 is 2.58 bits per heavy atom. The molecule has 0 aromatic rings. The van der Waals surface area contributed by atoms with Crippen molar-refractivity contribution in [2.75, 3.05) is 20.3 Å². The maximum absolute atomic E-state index is 11.0. The van der Waals surface area contributed by atoms with E-state index in [1.165, 1.54) is 7.11 Å². The molecule has 0 bridgehead atoms. The number of hydrogen-bond donors (Lipinski definition) is 0. The monoisotopic (exact) mass is 170 g/mol. The van der Waals surface area contributed by atoms with E-state index in [1.807, 2.05) is 0 Å². The summed E-state index contributed by atoms with van der Waals surface area (Å²) in [6, 6.07) is 0. The van der Waals surface area contributed by atoms with Crippen molar-refractivity contribution in [3.8, 4) is 0 Å². The fourth-order valence-electron chi connectivity index (χ4n) is 1.34. The predicted molar refractivity (Wildman–Crippen MR) is 44.7 cm³/mol. The summed E-state index contributed by atoms with van der Waals surface area (Å²) in [5.74, 6) is -0.0342. The average Bonchev–Trinajstić information content (AvgIpc) is 2.17. The summed E-state index contributed by atoms with van der Waals surface area (Å²) in [7, 11) is 1.38. The van der Waals surface area contributed by atoms with Crippen molar-refractivity contribution in [3.63, 3.8) is 0 Å². The number of methoxy groups -OCH3 is 1. The molecule has 68 valence electrons. The third kappa shape index (κ3) is 2.08. The van der Waals surface area contributed by atoms with Crippen LogP contribution in [0, 0.1) is 5.92 Å². The first-order chi connectivity index (χ1) is 5.75. The molecule has 0 spiro atoms. The Labute approximate surface area is 72.4 Å². The lowest BCUT2D eigenvalue weighted by Crippen LogP contribution is -2.21. The molecule has 0 radical (unpaired) electrons. The average molecular weight is 170 g/mol. The van der Waals surface area contributed by atoms with Gasteiger partial charge in [0.25, 0.3) is 0 Å². The van der Waals surface area contributed by atoms with Crippen molar-refractivity contribution < 1.29 is 14.3 Å². The molecule has 1 heterocycles. The molecule has 12 heavy (non-hydrogen) atoms. The van der Waals surface area contributed by atoms with Crippen molar-refractivity contribution in [2.24, 2.45) is 5.92 Å². The van der Waals surface area contributed by atoms with Gasteiger partial charge in [-0.3, -0.25) is 0 Å². The van der Waals surface area contributed by atoms with E-state index in [0.29, 0.717) is 5.57 Å². The van der Waals surface area contributed by atoms with Gasteiger partial charge in [0.15, 0.2) is 0 Å². The molecular formula is C9H14O3. The molecule has 1 rings (SSSR count). The summed E-state index contributed by atoms with van der Waals surface area (Å²) in [4.78, 5) is 11.0. The fourth-order valence-corrected chi connectivity index (χ4v) is 1.34. The minimum Gasteiger partial charge on any atom is -0.466 e. The SMILES string of the molecule is C=C(C(=O)OC)C1CCOCC1. The Morgan fingerprint density at radius 2 is 2.08 bits per heavy atom. The van der Waals surface area contributed by atoms with Crippen LogP contribution in [-0.2, 0) is 14.3 Å². The molecule has 0 unspecified atom stereocenters. The number of esters is 1. The minimum atomic E-state index is -0.290. The van der Waals surface area contributed by atoms with Gasteiger partial charge in [0.2, 0.25) is 0 Å². The van der Waals surface area contributed by atoms with E-state index in [4.69, 9.17) is 4.74 Å². The number of carbonyl (C=O) groups is 1. The second-order valence-corrected chi connectivity index (χ2v) is 2.90. The standard InChI is InChI=1S/C9H14O3/c1-7(9(10)11-2)8-3-5-12-6-4-8/h8H,1,3-6H2,2H3. The Balaban J connectivity index is 2.45. The summed E-state index contributed by atoms with van der Waals surface area (Å²) in [6.07, 6.45) is 1.77. The summed E-state index contributed by atoms with van der Waals surface area (Å²) < 4.78 is 9.76. The fraction of sp³-hybridized carbons (Fsp3) is 0.667. The van der Waals surface area contributed by atoms with Crippen LogP contribution in [0.25, 0.3) is 0 Å². The summed E-state index contributed by atoms with van der Waals surface area (Å²) in [6.45, 7) is 5.16. The van der Waals surface area contributed by atoms with Crippen LogP contribution >= 0.6 is 0 Å². The predicted octanol–water partition coefficient (Wildman–Crippen LogP) is 1.14. The van der Waals surface area contributed by atoms with Crippen molar-refractivity contribution in [1.82, 2.24) is 0 Å². The maximum atomic E-state index is 11.0. The van der Waals surface area contributed by atoms with E-state index < -0.39 is 0 Å². The van der Waals surface area contributed by atoms with Crippen LogP contribution in [0.5, 0.6) is 0 Å². The van der Waals surface area contributed by atoms with Crippen molar-refractivity contribution >= 4 is 5.97 Å². The molecule has 0 aromatic heterocycles. The second-order valence-electron chi connectivity index (χ2n) is 2.90. The van der Waals surface area contributed by atoms with Crippen LogP contribution in [0.3, 0.4) is 0 Å². The first-order valence-electron chi connectivity index (χ1n) is 4.10. The van der Waals surface area contributed by atoms with E-state index in [9.17, 15) is 4.79 Å². The van der Waals surface area contributed by atoms with Gasteiger partial charge < -0.3 is 9.47 Å². The van der Waals surface area contributed by atoms with Crippen LogP contribution in [0.4, 0.5) is 0 Å². The van der Waals surface area contributed by atoms with E-state index in [1.54, 1.807) is 0 Å². The molecule has 0 amide bonds. The second kappa shape index (κ2) is 4.26. The summed E-state index contributed by atoms with van der Waals surface area (Å²) in [5, 5.41) is 0. The molecule has 3 nitrogen and oxygen atoms in total. The quantitative estimate of drug-likeness (QED) is 0.460. The molecule has 1 saturated heterocycles. The van der Waals surface area contributed by atoms with Gasteiger partial charge in [0.05, 0.1) is 7.11 Å². The van der Waals surface area contributed by atoms with Crippen LogP contribution in [0.1, 0.15) is 12.8 Å². The highest BCUT2D eigenvalue weighted by atomic mass is 16.5. The van der Waals surface area contributed by atoms with Gasteiger partial charge in [-0.1, -0.05) is 6.58 Å². The van der Waals surface area contributed by atoms with Gasteiger partial charge >= 0.3 is 5.97 Å². The van der Waals surface area contributed by atoms with Crippen molar-refractivity contribution in [1.29, 1.82) is 0 Å². The zero-order chi connectivity index (χ0) is 8.97. The summed E-state index contributed by atoms with van der Waals surface area (Å²) >= 11 is 0. The molecule has 0 aromatic carbocycles. The molecule has 0 aliphatic carbocycles. The summed E-state index contributed by atoms with van der Waals surface area (Å²) in [5.41, 5.74) is 0.584. The molecule has 1 aliphatic heterocycles. The molecular weight excluding hydrogens is 156 g/mol. The minimum absolute atomic E-state index is 0.256. The van der Waals surface area contributed by atoms with Crippen LogP contribution < -0.4 is 0 Å². The first-order valence-corrected chi connectivity index (χ1v) is 4.10.